The molecule has 0 spiro atoms. The fourth-order valence-electron chi connectivity index (χ4n) is 1.92. The van der Waals surface area contributed by atoms with Gasteiger partial charge in [0.15, 0.2) is 0 Å². The lowest BCUT2D eigenvalue weighted by Crippen LogP contribution is -2.27. The van der Waals surface area contributed by atoms with E-state index >= 15 is 0 Å². The van der Waals surface area contributed by atoms with E-state index in [9.17, 15) is 4.79 Å². The summed E-state index contributed by atoms with van der Waals surface area (Å²) in [5.41, 5.74) is 1.84. The van der Waals surface area contributed by atoms with E-state index in [1.165, 1.54) is 12.8 Å². The standard InChI is InChI=1S/C16H26N2O/c1-4-6-7-13-18(3)16(19)14-8-10-15(11-9-14)17-12-5-2/h8-11,17H,4-7,12-13H2,1-3H3. The van der Waals surface area contributed by atoms with Gasteiger partial charge in [0, 0.05) is 31.4 Å². The summed E-state index contributed by atoms with van der Waals surface area (Å²) in [7, 11) is 1.88. The van der Waals surface area contributed by atoms with E-state index in [1.54, 1.807) is 0 Å². The van der Waals surface area contributed by atoms with Gasteiger partial charge in [-0.2, -0.15) is 0 Å². The first-order valence-corrected chi connectivity index (χ1v) is 7.28. The van der Waals surface area contributed by atoms with Crippen molar-refractivity contribution in [2.45, 2.75) is 39.5 Å². The maximum Gasteiger partial charge on any atom is 0.253 e. The van der Waals surface area contributed by atoms with E-state index in [-0.39, 0.29) is 5.91 Å². The lowest BCUT2D eigenvalue weighted by molar-refractivity contribution is 0.0792. The van der Waals surface area contributed by atoms with Crippen LogP contribution in [0.2, 0.25) is 0 Å². The predicted molar refractivity (Wildman–Crippen MR) is 81.7 cm³/mol. The monoisotopic (exact) mass is 262 g/mol. The minimum Gasteiger partial charge on any atom is -0.385 e. The molecular formula is C16H26N2O. The minimum atomic E-state index is 0.109. The van der Waals surface area contributed by atoms with Crippen molar-refractivity contribution in [1.82, 2.24) is 4.90 Å². The first-order chi connectivity index (χ1) is 9.19. The van der Waals surface area contributed by atoms with E-state index in [0.29, 0.717) is 0 Å². The number of nitrogens with one attached hydrogen (secondary N) is 1. The molecule has 0 saturated carbocycles. The number of unbranched alkanes of at least 4 members (excludes halogenated alkanes) is 2. The van der Waals surface area contributed by atoms with Crippen molar-refractivity contribution in [2.75, 3.05) is 25.5 Å². The van der Waals surface area contributed by atoms with Crippen LogP contribution in [-0.4, -0.2) is 30.9 Å². The van der Waals surface area contributed by atoms with E-state index in [0.717, 1.165) is 37.2 Å². The predicted octanol–water partition coefficient (Wildman–Crippen LogP) is 3.77. The van der Waals surface area contributed by atoms with Crippen LogP contribution < -0.4 is 5.32 Å². The van der Waals surface area contributed by atoms with Gasteiger partial charge in [-0.3, -0.25) is 4.79 Å². The Morgan fingerprint density at radius 3 is 2.37 bits per heavy atom. The molecular weight excluding hydrogens is 236 g/mol. The second-order valence-corrected chi connectivity index (χ2v) is 4.94. The molecule has 1 N–H and O–H groups in total. The molecule has 1 aromatic carbocycles. The van der Waals surface area contributed by atoms with Crippen molar-refractivity contribution in [2.24, 2.45) is 0 Å². The fraction of sp³-hybridized carbons (Fsp3) is 0.562. The molecule has 0 aliphatic rings. The van der Waals surface area contributed by atoms with Crippen molar-refractivity contribution >= 4 is 11.6 Å². The number of anilines is 1. The van der Waals surface area contributed by atoms with Crippen molar-refractivity contribution < 1.29 is 4.79 Å². The smallest absolute Gasteiger partial charge is 0.253 e. The van der Waals surface area contributed by atoms with Gasteiger partial charge in [-0.25, -0.2) is 0 Å². The second kappa shape index (κ2) is 8.57. The highest BCUT2D eigenvalue weighted by molar-refractivity contribution is 5.94. The van der Waals surface area contributed by atoms with Crippen LogP contribution in [0.3, 0.4) is 0 Å². The molecule has 0 radical (unpaired) electrons. The van der Waals surface area contributed by atoms with E-state index < -0.39 is 0 Å². The molecule has 0 bridgehead atoms. The number of hydrogen-bond donors (Lipinski definition) is 1. The summed E-state index contributed by atoms with van der Waals surface area (Å²) in [6, 6.07) is 7.75. The van der Waals surface area contributed by atoms with E-state index in [4.69, 9.17) is 0 Å². The third-order valence-corrected chi connectivity index (χ3v) is 3.15. The summed E-state index contributed by atoms with van der Waals surface area (Å²) in [6.07, 6.45) is 4.53. The van der Waals surface area contributed by atoms with Crippen LogP contribution in [0.5, 0.6) is 0 Å². The average molecular weight is 262 g/mol. The number of benzene rings is 1. The molecule has 0 aliphatic carbocycles. The molecule has 0 heterocycles. The summed E-state index contributed by atoms with van der Waals surface area (Å²) in [5, 5.41) is 3.31. The number of nitrogens with zero attached hydrogens (tertiary/aromatic N) is 1. The van der Waals surface area contributed by atoms with Crippen molar-refractivity contribution in [1.29, 1.82) is 0 Å². The molecule has 0 aliphatic heterocycles. The van der Waals surface area contributed by atoms with E-state index in [2.05, 4.69) is 19.2 Å². The normalized spacial score (nSPS) is 10.3. The van der Waals surface area contributed by atoms with Gasteiger partial charge in [0.25, 0.3) is 5.91 Å². The molecule has 1 rings (SSSR count). The molecule has 3 nitrogen and oxygen atoms in total. The van der Waals surface area contributed by atoms with Crippen LogP contribution in [0.4, 0.5) is 5.69 Å². The van der Waals surface area contributed by atoms with Crippen LogP contribution in [0, 0.1) is 0 Å². The molecule has 0 aromatic heterocycles. The van der Waals surface area contributed by atoms with E-state index in [1.807, 2.05) is 36.2 Å². The van der Waals surface area contributed by atoms with Gasteiger partial charge in [-0.1, -0.05) is 26.7 Å². The topological polar surface area (TPSA) is 32.3 Å². The summed E-state index contributed by atoms with van der Waals surface area (Å²) >= 11 is 0. The zero-order valence-corrected chi connectivity index (χ0v) is 12.4. The van der Waals surface area contributed by atoms with Gasteiger partial charge in [0.2, 0.25) is 0 Å². The van der Waals surface area contributed by atoms with Crippen molar-refractivity contribution in [3.05, 3.63) is 29.8 Å². The number of hydrogen-bond acceptors (Lipinski definition) is 2. The third-order valence-electron chi connectivity index (χ3n) is 3.15. The first kappa shape index (κ1) is 15.5. The molecule has 106 valence electrons. The van der Waals surface area contributed by atoms with Crippen molar-refractivity contribution in [3.63, 3.8) is 0 Å². The molecule has 1 amide bonds. The van der Waals surface area contributed by atoms with Gasteiger partial charge in [-0.15, -0.1) is 0 Å². The Morgan fingerprint density at radius 2 is 1.79 bits per heavy atom. The Kier molecular flexibility index (Phi) is 7.01. The van der Waals surface area contributed by atoms with Gasteiger partial charge in [0.1, 0.15) is 0 Å². The molecule has 19 heavy (non-hydrogen) atoms. The summed E-state index contributed by atoms with van der Waals surface area (Å²) in [5.74, 6) is 0.109. The van der Waals surface area contributed by atoms with Gasteiger partial charge in [0.05, 0.1) is 0 Å². The quantitative estimate of drug-likeness (QED) is 0.723. The second-order valence-electron chi connectivity index (χ2n) is 4.94. The van der Waals surface area contributed by atoms with Crippen LogP contribution in [0.25, 0.3) is 0 Å². The maximum atomic E-state index is 12.2. The van der Waals surface area contributed by atoms with Crippen LogP contribution in [-0.2, 0) is 0 Å². The Bertz CT molecular complexity index is 373. The Labute approximate surface area is 117 Å². The maximum absolute atomic E-state index is 12.2. The van der Waals surface area contributed by atoms with Gasteiger partial charge >= 0.3 is 0 Å². The minimum absolute atomic E-state index is 0.109. The highest BCUT2D eigenvalue weighted by Crippen LogP contribution is 2.11. The molecule has 1 aromatic rings. The molecule has 0 saturated heterocycles. The number of carbonyl (C=O) groups is 1. The number of rotatable bonds is 8. The summed E-state index contributed by atoms with van der Waals surface area (Å²) in [6.45, 7) is 6.10. The zero-order chi connectivity index (χ0) is 14.1. The lowest BCUT2D eigenvalue weighted by Gasteiger charge is -2.17. The molecule has 0 fully saturated rings. The zero-order valence-electron chi connectivity index (χ0n) is 12.4. The highest BCUT2D eigenvalue weighted by atomic mass is 16.2. The molecule has 3 heteroatoms. The van der Waals surface area contributed by atoms with Crippen LogP contribution in [0.15, 0.2) is 24.3 Å². The van der Waals surface area contributed by atoms with Crippen molar-refractivity contribution in [3.8, 4) is 0 Å². The average Bonchev–Trinajstić information content (AvgIpc) is 2.45. The first-order valence-electron chi connectivity index (χ1n) is 7.28. The third kappa shape index (κ3) is 5.33. The fourth-order valence-corrected chi connectivity index (χ4v) is 1.92. The van der Waals surface area contributed by atoms with Crippen LogP contribution in [0.1, 0.15) is 49.9 Å². The largest absolute Gasteiger partial charge is 0.385 e. The number of carbonyl (C=O) groups excluding carboxylic acids is 1. The Morgan fingerprint density at radius 1 is 1.11 bits per heavy atom. The van der Waals surface area contributed by atoms with Crippen LogP contribution >= 0.6 is 0 Å². The summed E-state index contributed by atoms with van der Waals surface area (Å²) in [4.78, 5) is 14.0. The molecule has 0 atom stereocenters. The Balaban J connectivity index is 2.52. The number of amides is 1. The Hall–Kier alpha value is -1.51. The highest BCUT2D eigenvalue weighted by Gasteiger charge is 2.10. The lowest BCUT2D eigenvalue weighted by atomic mass is 10.1. The van der Waals surface area contributed by atoms with Gasteiger partial charge in [-0.05, 0) is 37.1 Å². The summed E-state index contributed by atoms with van der Waals surface area (Å²) < 4.78 is 0. The molecule has 0 unspecified atom stereocenters. The van der Waals surface area contributed by atoms with Gasteiger partial charge < -0.3 is 10.2 Å². The SMILES string of the molecule is CCCCCN(C)C(=O)c1ccc(NCCC)cc1.